The van der Waals surface area contributed by atoms with Gasteiger partial charge in [-0.25, -0.2) is 9.97 Å². The third-order valence-electron chi connectivity index (χ3n) is 12.0. The molecule has 0 atom stereocenters. The fourth-order valence-corrected chi connectivity index (χ4v) is 10.1. The summed E-state index contributed by atoms with van der Waals surface area (Å²) in [5.74, 6) is 0. The van der Waals surface area contributed by atoms with Crippen LogP contribution < -0.4 is 0 Å². The molecule has 3 aromatic heterocycles. The van der Waals surface area contributed by atoms with E-state index in [0.29, 0.717) is 0 Å². The molecule has 0 aliphatic carbocycles. The number of thiophene rings is 1. The van der Waals surface area contributed by atoms with Crippen molar-refractivity contribution in [2.75, 3.05) is 0 Å². The molecule has 0 amide bonds. The molecule has 0 aliphatic heterocycles. The van der Waals surface area contributed by atoms with Crippen LogP contribution in [0.2, 0.25) is 0 Å². The number of hydrogen-bond donors (Lipinski definition) is 0. The lowest BCUT2D eigenvalue weighted by molar-refractivity contribution is 0.670. The van der Waals surface area contributed by atoms with Gasteiger partial charge in [-0.1, -0.05) is 158 Å². The van der Waals surface area contributed by atoms with E-state index < -0.39 is 0 Å². The van der Waals surface area contributed by atoms with Crippen molar-refractivity contribution in [3.63, 3.8) is 0 Å². The predicted octanol–water partition coefficient (Wildman–Crippen LogP) is 16.4. The summed E-state index contributed by atoms with van der Waals surface area (Å²) >= 11 is 1.75. The van der Waals surface area contributed by atoms with Gasteiger partial charge in [0.1, 0.15) is 17.5 Å². The first kappa shape index (κ1) is 36.0. The molecule has 0 radical (unpaired) electrons. The van der Waals surface area contributed by atoms with Gasteiger partial charge in [0.2, 0.25) is 0 Å². The number of furan rings is 1. The molecule has 12 rings (SSSR count). The highest BCUT2D eigenvalue weighted by Crippen LogP contribution is 2.43. The zero-order valence-electron chi connectivity index (χ0n) is 33.5. The van der Waals surface area contributed by atoms with Crippen LogP contribution in [0.4, 0.5) is 0 Å². The van der Waals surface area contributed by atoms with Crippen molar-refractivity contribution in [1.29, 1.82) is 0 Å². The van der Waals surface area contributed by atoms with Crippen LogP contribution in [0.5, 0.6) is 0 Å². The average molecular weight is 809 g/mol. The lowest BCUT2D eigenvalue weighted by atomic mass is 9.92. The van der Waals surface area contributed by atoms with Crippen LogP contribution in [0.25, 0.3) is 120 Å². The van der Waals surface area contributed by atoms with Crippen molar-refractivity contribution in [2.45, 2.75) is 0 Å². The Bertz CT molecular complexity index is 3640. The lowest BCUT2D eigenvalue weighted by Gasteiger charge is -2.12. The van der Waals surface area contributed by atoms with Gasteiger partial charge >= 0.3 is 0 Å². The molecule has 62 heavy (non-hydrogen) atoms. The molecule has 290 valence electrons. The number of benzene rings is 9. The van der Waals surface area contributed by atoms with Crippen molar-refractivity contribution in [1.82, 2.24) is 9.97 Å². The molecule has 4 heteroatoms. The quantitative estimate of drug-likeness (QED) is 0.161. The van der Waals surface area contributed by atoms with Crippen LogP contribution in [0.1, 0.15) is 0 Å². The number of nitrogens with zero attached hydrogens (tertiary/aromatic N) is 2. The molecular formula is C58H36N2OS. The summed E-state index contributed by atoms with van der Waals surface area (Å²) in [7, 11) is 0. The lowest BCUT2D eigenvalue weighted by Crippen LogP contribution is -1.88. The van der Waals surface area contributed by atoms with Crippen molar-refractivity contribution in [3.05, 3.63) is 219 Å². The number of rotatable bonds is 7. The van der Waals surface area contributed by atoms with Crippen molar-refractivity contribution in [3.8, 4) is 78.0 Å². The minimum atomic E-state index is 0.862. The smallest absolute Gasteiger partial charge is 0.143 e. The Morgan fingerprint density at radius 1 is 0.339 bits per heavy atom. The predicted molar refractivity (Wildman–Crippen MR) is 260 cm³/mol. The maximum atomic E-state index is 6.88. The fraction of sp³-hybridized carbons (Fsp3) is 0. The van der Waals surface area contributed by atoms with Gasteiger partial charge in [0.25, 0.3) is 0 Å². The van der Waals surface area contributed by atoms with E-state index in [1.165, 1.54) is 37.9 Å². The summed E-state index contributed by atoms with van der Waals surface area (Å²) < 4.78 is 9.20. The van der Waals surface area contributed by atoms with E-state index in [2.05, 4.69) is 212 Å². The second-order valence-corrected chi connectivity index (χ2v) is 16.8. The second kappa shape index (κ2) is 15.0. The zero-order valence-corrected chi connectivity index (χ0v) is 34.3. The summed E-state index contributed by atoms with van der Waals surface area (Å²) in [5.41, 5.74) is 18.5. The van der Waals surface area contributed by atoms with Crippen LogP contribution in [0.15, 0.2) is 223 Å². The van der Waals surface area contributed by atoms with E-state index in [4.69, 9.17) is 14.4 Å². The molecule has 0 N–H and O–H groups in total. The third-order valence-corrected chi connectivity index (χ3v) is 13.1. The Hall–Kier alpha value is -7.92. The van der Waals surface area contributed by atoms with Crippen molar-refractivity contribution in [2.24, 2.45) is 0 Å². The molecule has 3 heterocycles. The molecule has 0 aliphatic rings. The summed E-state index contributed by atoms with van der Waals surface area (Å²) in [5, 5.41) is 3.34. The molecule has 0 saturated carbocycles. The van der Waals surface area contributed by atoms with Crippen molar-refractivity contribution < 1.29 is 4.42 Å². The highest BCUT2D eigenvalue weighted by Gasteiger charge is 2.18. The number of hydrogen-bond acceptors (Lipinski definition) is 4. The zero-order chi connectivity index (χ0) is 41.0. The van der Waals surface area contributed by atoms with Gasteiger partial charge in [0.05, 0.1) is 15.9 Å². The SMILES string of the molecule is c1ccc(-c2cccc(-c3ccc4oc5c(-c6cccc(-c7cccc(-c8ncnc9c8sc8ccccc89)c7)c6)cc(-c6cccc(-c7ccccc7)c6)cc5c4c3)c2)cc1. The van der Waals surface area contributed by atoms with Gasteiger partial charge in [-0.05, 0) is 116 Å². The Balaban J connectivity index is 1.01. The van der Waals surface area contributed by atoms with Crippen LogP contribution in [0, 0.1) is 0 Å². The highest BCUT2D eigenvalue weighted by atomic mass is 32.1. The monoisotopic (exact) mass is 808 g/mol. The van der Waals surface area contributed by atoms with Gasteiger partial charge in [-0.2, -0.15) is 0 Å². The standard InChI is InChI=1S/C58H36N2OS/c1-3-13-37(14-4-1)39-17-9-19-41(29-39)45-27-28-53-51(33-45)52-35-48(44-22-10-18-40(30-44)38-15-5-2-6-16-38)34-50(57(52)61-53)46-23-11-20-42(31-46)43-21-12-24-47(32-43)55-58-56(60-36-59-55)49-25-7-8-26-54(49)62-58/h1-36H. The molecule has 0 saturated heterocycles. The van der Waals surface area contributed by atoms with E-state index in [1.807, 2.05) is 0 Å². The van der Waals surface area contributed by atoms with Gasteiger partial charge < -0.3 is 4.42 Å². The molecule has 0 spiro atoms. The maximum Gasteiger partial charge on any atom is 0.143 e. The minimum absolute atomic E-state index is 0.862. The Morgan fingerprint density at radius 2 is 0.839 bits per heavy atom. The van der Waals surface area contributed by atoms with Crippen LogP contribution >= 0.6 is 11.3 Å². The van der Waals surface area contributed by atoms with E-state index in [9.17, 15) is 0 Å². The summed E-state index contributed by atoms with van der Waals surface area (Å²) in [4.78, 5) is 9.52. The highest BCUT2D eigenvalue weighted by molar-refractivity contribution is 7.26. The molecule has 3 nitrogen and oxygen atoms in total. The van der Waals surface area contributed by atoms with Gasteiger partial charge in [0.15, 0.2) is 0 Å². The normalized spacial score (nSPS) is 11.5. The van der Waals surface area contributed by atoms with E-state index >= 15 is 0 Å². The average Bonchev–Trinajstić information content (AvgIpc) is 3.93. The molecule has 0 fully saturated rings. The third kappa shape index (κ3) is 6.37. The first-order chi connectivity index (χ1) is 30.7. The summed E-state index contributed by atoms with van der Waals surface area (Å²) in [6, 6.07) is 76.0. The minimum Gasteiger partial charge on any atom is -0.455 e. The van der Waals surface area contributed by atoms with Gasteiger partial charge in [-0.15, -0.1) is 11.3 Å². The molecule has 0 bridgehead atoms. The Labute approximate surface area is 362 Å². The fourth-order valence-electron chi connectivity index (χ4n) is 8.90. The maximum absolute atomic E-state index is 6.88. The number of fused-ring (bicyclic) bond motifs is 6. The van der Waals surface area contributed by atoms with E-state index in [-0.39, 0.29) is 0 Å². The van der Waals surface area contributed by atoms with Crippen LogP contribution in [-0.4, -0.2) is 9.97 Å². The molecule has 12 aromatic rings. The van der Waals surface area contributed by atoms with Gasteiger partial charge in [0, 0.05) is 32.0 Å². The topological polar surface area (TPSA) is 38.9 Å². The molecular weight excluding hydrogens is 773 g/mol. The summed E-state index contributed by atoms with van der Waals surface area (Å²) in [6.07, 6.45) is 1.69. The first-order valence-electron chi connectivity index (χ1n) is 20.9. The Morgan fingerprint density at radius 3 is 1.52 bits per heavy atom. The summed E-state index contributed by atoms with van der Waals surface area (Å²) in [6.45, 7) is 0. The number of aromatic nitrogens is 2. The molecule has 0 unspecified atom stereocenters. The first-order valence-corrected chi connectivity index (χ1v) is 21.7. The second-order valence-electron chi connectivity index (χ2n) is 15.8. The van der Waals surface area contributed by atoms with Gasteiger partial charge in [-0.3, -0.25) is 0 Å². The Kier molecular flexibility index (Phi) is 8.68. The van der Waals surface area contributed by atoms with E-state index in [1.54, 1.807) is 17.7 Å². The van der Waals surface area contributed by atoms with E-state index in [0.717, 1.165) is 82.4 Å². The van der Waals surface area contributed by atoms with Crippen LogP contribution in [0.3, 0.4) is 0 Å². The van der Waals surface area contributed by atoms with Crippen LogP contribution in [-0.2, 0) is 0 Å². The molecule has 9 aromatic carbocycles. The van der Waals surface area contributed by atoms with Crippen molar-refractivity contribution >= 4 is 53.6 Å². The largest absolute Gasteiger partial charge is 0.455 e.